The third-order valence-corrected chi connectivity index (χ3v) is 2.35. The molecule has 1 amide bonds. The SMILES string of the molecule is O=CCNC(=O)CCCCn1c(O)ccc1O. The first kappa shape index (κ1) is 13.1. The van der Waals surface area contributed by atoms with Crippen molar-refractivity contribution in [3.8, 4) is 11.8 Å². The maximum atomic E-state index is 11.1. The summed E-state index contributed by atoms with van der Waals surface area (Å²) in [6.07, 6.45) is 2.25. The van der Waals surface area contributed by atoms with Crippen molar-refractivity contribution in [1.29, 1.82) is 0 Å². The topological polar surface area (TPSA) is 91.6 Å². The van der Waals surface area contributed by atoms with Crippen molar-refractivity contribution >= 4 is 12.2 Å². The Morgan fingerprint density at radius 1 is 1.29 bits per heavy atom. The minimum atomic E-state index is -0.168. The van der Waals surface area contributed by atoms with Gasteiger partial charge in [0.1, 0.15) is 6.29 Å². The molecule has 0 aromatic carbocycles. The molecule has 0 spiro atoms. The van der Waals surface area contributed by atoms with Crippen LogP contribution in [0, 0.1) is 0 Å². The summed E-state index contributed by atoms with van der Waals surface area (Å²) in [6, 6.07) is 2.82. The predicted octanol–water partition coefficient (Wildman–Crippen LogP) is 0.385. The molecule has 1 aromatic heterocycles. The second kappa shape index (κ2) is 6.57. The van der Waals surface area contributed by atoms with Crippen LogP contribution >= 0.6 is 0 Å². The summed E-state index contributed by atoms with van der Waals surface area (Å²) >= 11 is 0. The number of aromatic nitrogens is 1. The molecule has 6 nitrogen and oxygen atoms in total. The van der Waals surface area contributed by atoms with Crippen LogP contribution in [-0.4, -0.2) is 33.5 Å². The zero-order chi connectivity index (χ0) is 12.7. The van der Waals surface area contributed by atoms with Crippen LogP contribution in [0.4, 0.5) is 0 Å². The number of unbranched alkanes of at least 4 members (excludes halogenated alkanes) is 1. The Morgan fingerprint density at radius 3 is 2.53 bits per heavy atom. The molecule has 1 aromatic rings. The molecule has 0 radical (unpaired) electrons. The number of carbonyl (C=O) groups excluding carboxylic acids is 2. The molecule has 0 aliphatic carbocycles. The molecular formula is C11H16N2O4. The van der Waals surface area contributed by atoms with Crippen molar-refractivity contribution in [2.75, 3.05) is 6.54 Å². The summed E-state index contributed by atoms with van der Waals surface area (Å²) in [6.45, 7) is 0.490. The molecule has 0 bridgehead atoms. The molecule has 94 valence electrons. The highest BCUT2D eigenvalue weighted by molar-refractivity contribution is 5.78. The van der Waals surface area contributed by atoms with Crippen LogP contribution in [-0.2, 0) is 16.1 Å². The number of aldehydes is 1. The fourth-order valence-corrected chi connectivity index (χ4v) is 1.47. The first-order valence-electron chi connectivity index (χ1n) is 5.43. The molecule has 0 fully saturated rings. The van der Waals surface area contributed by atoms with E-state index in [0.717, 1.165) is 0 Å². The highest BCUT2D eigenvalue weighted by Crippen LogP contribution is 2.21. The molecule has 0 atom stereocenters. The van der Waals surface area contributed by atoms with E-state index in [-0.39, 0.29) is 24.2 Å². The van der Waals surface area contributed by atoms with Gasteiger partial charge in [-0.05, 0) is 12.8 Å². The summed E-state index contributed by atoms with van der Waals surface area (Å²) in [5.41, 5.74) is 0. The lowest BCUT2D eigenvalue weighted by Crippen LogP contribution is -2.24. The molecule has 0 aliphatic rings. The van der Waals surface area contributed by atoms with Crippen LogP contribution in [0.1, 0.15) is 19.3 Å². The van der Waals surface area contributed by atoms with Gasteiger partial charge < -0.3 is 20.3 Å². The van der Waals surface area contributed by atoms with Crippen molar-refractivity contribution in [1.82, 2.24) is 9.88 Å². The molecule has 0 aliphatic heterocycles. The fraction of sp³-hybridized carbons (Fsp3) is 0.455. The minimum absolute atomic E-state index is 0.00732. The van der Waals surface area contributed by atoms with E-state index in [1.807, 2.05) is 0 Å². The van der Waals surface area contributed by atoms with Crippen molar-refractivity contribution < 1.29 is 19.8 Å². The van der Waals surface area contributed by atoms with Gasteiger partial charge in [-0.25, -0.2) is 0 Å². The normalized spacial score (nSPS) is 10.1. The highest BCUT2D eigenvalue weighted by Gasteiger charge is 2.05. The molecule has 0 unspecified atom stereocenters. The predicted molar refractivity (Wildman–Crippen MR) is 60.7 cm³/mol. The van der Waals surface area contributed by atoms with Crippen molar-refractivity contribution in [2.45, 2.75) is 25.8 Å². The third-order valence-electron chi connectivity index (χ3n) is 2.35. The summed E-state index contributed by atoms with van der Waals surface area (Å²) in [5.74, 6) is -0.154. The lowest BCUT2D eigenvalue weighted by molar-refractivity contribution is -0.122. The van der Waals surface area contributed by atoms with Crippen LogP contribution in [0.2, 0.25) is 0 Å². The van der Waals surface area contributed by atoms with E-state index in [1.54, 1.807) is 0 Å². The highest BCUT2D eigenvalue weighted by atomic mass is 16.3. The Balaban J connectivity index is 2.20. The van der Waals surface area contributed by atoms with Gasteiger partial charge in [-0.3, -0.25) is 9.36 Å². The molecule has 3 N–H and O–H groups in total. The van der Waals surface area contributed by atoms with E-state index < -0.39 is 0 Å². The number of nitrogens with one attached hydrogen (secondary N) is 1. The first-order chi connectivity index (χ1) is 8.15. The van der Waals surface area contributed by atoms with E-state index >= 15 is 0 Å². The van der Waals surface area contributed by atoms with Gasteiger partial charge in [-0.2, -0.15) is 0 Å². The van der Waals surface area contributed by atoms with Gasteiger partial charge >= 0.3 is 0 Å². The van der Waals surface area contributed by atoms with Crippen LogP contribution in [0.5, 0.6) is 11.8 Å². The van der Waals surface area contributed by atoms with Crippen molar-refractivity contribution in [3.05, 3.63) is 12.1 Å². The Bertz CT molecular complexity index is 367. The molecule has 17 heavy (non-hydrogen) atoms. The van der Waals surface area contributed by atoms with Gasteiger partial charge in [0.25, 0.3) is 0 Å². The second-order valence-corrected chi connectivity index (χ2v) is 3.63. The zero-order valence-electron chi connectivity index (χ0n) is 9.43. The van der Waals surface area contributed by atoms with E-state index in [2.05, 4.69) is 5.32 Å². The quantitative estimate of drug-likeness (QED) is 0.474. The average Bonchev–Trinajstić information content (AvgIpc) is 2.62. The van der Waals surface area contributed by atoms with Crippen LogP contribution in [0.15, 0.2) is 12.1 Å². The third kappa shape index (κ3) is 4.18. The molecular weight excluding hydrogens is 224 g/mol. The average molecular weight is 240 g/mol. The number of amides is 1. The van der Waals surface area contributed by atoms with E-state index in [9.17, 15) is 19.8 Å². The molecule has 1 heterocycles. The molecule has 0 saturated heterocycles. The summed E-state index contributed by atoms with van der Waals surface area (Å²) < 4.78 is 1.36. The van der Waals surface area contributed by atoms with Gasteiger partial charge in [0.15, 0.2) is 11.8 Å². The van der Waals surface area contributed by atoms with E-state index in [0.29, 0.717) is 32.1 Å². The van der Waals surface area contributed by atoms with Crippen LogP contribution in [0.25, 0.3) is 0 Å². The second-order valence-electron chi connectivity index (χ2n) is 3.63. The zero-order valence-corrected chi connectivity index (χ0v) is 9.43. The maximum absolute atomic E-state index is 11.1. The molecule has 0 saturated carbocycles. The standard InChI is InChI=1S/C11H16N2O4/c14-8-6-12-9(15)3-1-2-7-13-10(16)4-5-11(13)17/h4-5,8,16-17H,1-3,6-7H2,(H,12,15). The fourth-order valence-electron chi connectivity index (χ4n) is 1.47. The Morgan fingerprint density at radius 2 is 1.94 bits per heavy atom. The largest absolute Gasteiger partial charge is 0.494 e. The maximum Gasteiger partial charge on any atom is 0.220 e. The summed E-state index contributed by atoms with van der Waals surface area (Å²) in [4.78, 5) is 21.1. The summed E-state index contributed by atoms with van der Waals surface area (Å²) in [5, 5.41) is 21.1. The first-order valence-corrected chi connectivity index (χ1v) is 5.43. The van der Waals surface area contributed by atoms with Crippen LogP contribution < -0.4 is 5.32 Å². The smallest absolute Gasteiger partial charge is 0.220 e. The number of rotatable bonds is 7. The van der Waals surface area contributed by atoms with Gasteiger partial charge in [0.2, 0.25) is 5.91 Å². The van der Waals surface area contributed by atoms with E-state index in [1.165, 1.54) is 16.7 Å². The van der Waals surface area contributed by atoms with Gasteiger partial charge in [-0.15, -0.1) is 0 Å². The van der Waals surface area contributed by atoms with Crippen molar-refractivity contribution in [3.63, 3.8) is 0 Å². The number of hydrogen-bond donors (Lipinski definition) is 3. The molecule has 1 rings (SSSR count). The lowest BCUT2D eigenvalue weighted by atomic mass is 10.2. The Kier molecular flexibility index (Phi) is 5.06. The number of nitrogens with zero attached hydrogens (tertiary/aromatic N) is 1. The van der Waals surface area contributed by atoms with Crippen LogP contribution in [0.3, 0.4) is 0 Å². The number of aromatic hydroxyl groups is 2. The minimum Gasteiger partial charge on any atom is -0.494 e. The monoisotopic (exact) mass is 240 g/mol. The van der Waals surface area contributed by atoms with Crippen molar-refractivity contribution in [2.24, 2.45) is 0 Å². The van der Waals surface area contributed by atoms with Gasteiger partial charge in [-0.1, -0.05) is 0 Å². The van der Waals surface area contributed by atoms with E-state index in [4.69, 9.17) is 0 Å². The lowest BCUT2D eigenvalue weighted by Gasteiger charge is -2.06. The Labute approximate surface area is 98.9 Å². The van der Waals surface area contributed by atoms with Gasteiger partial charge in [0, 0.05) is 25.1 Å². The molecule has 6 heteroatoms. The van der Waals surface area contributed by atoms with Gasteiger partial charge in [0.05, 0.1) is 6.54 Å². The summed E-state index contributed by atoms with van der Waals surface area (Å²) in [7, 11) is 0. The number of carbonyl (C=O) groups is 2. The Hall–Kier alpha value is -1.98. The number of hydrogen-bond acceptors (Lipinski definition) is 4.